The van der Waals surface area contributed by atoms with E-state index in [0.29, 0.717) is 28.2 Å². The van der Waals surface area contributed by atoms with Gasteiger partial charge in [0.25, 0.3) is 0 Å². The zero-order valence-corrected chi connectivity index (χ0v) is 20.0. The molecule has 8 heteroatoms. The Morgan fingerprint density at radius 3 is 2.66 bits per heavy atom. The van der Waals surface area contributed by atoms with E-state index in [1.165, 1.54) is 11.1 Å². The van der Waals surface area contributed by atoms with Gasteiger partial charge in [-0.25, -0.2) is 9.97 Å². The molecule has 32 heavy (non-hydrogen) atoms. The van der Waals surface area contributed by atoms with Gasteiger partial charge in [-0.2, -0.15) is 0 Å². The molecule has 0 saturated heterocycles. The number of hydrogen-bond donors (Lipinski definition) is 2. The van der Waals surface area contributed by atoms with Crippen LogP contribution >= 0.6 is 23.2 Å². The smallest absolute Gasteiger partial charge is 0.149 e. The molecule has 0 bridgehead atoms. The predicted octanol–water partition coefficient (Wildman–Crippen LogP) is 5.27. The number of pyridine rings is 1. The summed E-state index contributed by atoms with van der Waals surface area (Å²) in [6.45, 7) is 8.19. The largest absolute Gasteiger partial charge is 0.384 e. The van der Waals surface area contributed by atoms with Gasteiger partial charge in [-0.3, -0.25) is 9.88 Å². The second kappa shape index (κ2) is 10.5. The Balaban J connectivity index is 1.29. The molecule has 3 aromatic rings. The second-order valence-corrected chi connectivity index (χ2v) is 8.82. The van der Waals surface area contributed by atoms with E-state index in [2.05, 4.69) is 54.8 Å². The van der Waals surface area contributed by atoms with Crippen LogP contribution in [0.5, 0.6) is 0 Å². The van der Waals surface area contributed by atoms with Crippen LogP contribution in [-0.4, -0.2) is 39.5 Å². The SMILES string of the molecule is Cc1nc(C)c(Cl)c(NCc2nccc(NCCCN3CCc4ccccc4C3)c2Cl)n1. The van der Waals surface area contributed by atoms with Crippen molar-refractivity contribution in [2.45, 2.75) is 39.8 Å². The molecular formula is C24H28Cl2N6. The molecule has 0 unspecified atom stereocenters. The number of aryl methyl sites for hydroxylation is 2. The molecule has 1 aromatic carbocycles. The molecule has 0 radical (unpaired) electrons. The fraction of sp³-hybridized carbons (Fsp3) is 0.375. The lowest BCUT2D eigenvalue weighted by atomic mass is 10.00. The Kier molecular flexibility index (Phi) is 7.45. The average Bonchev–Trinajstić information content (AvgIpc) is 2.79. The number of nitrogens with one attached hydrogen (secondary N) is 2. The van der Waals surface area contributed by atoms with E-state index in [0.717, 1.165) is 56.1 Å². The average molecular weight is 471 g/mol. The molecule has 0 saturated carbocycles. The van der Waals surface area contributed by atoms with E-state index >= 15 is 0 Å². The van der Waals surface area contributed by atoms with Gasteiger partial charge >= 0.3 is 0 Å². The van der Waals surface area contributed by atoms with Crippen LogP contribution in [0.15, 0.2) is 36.5 Å². The molecule has 0 atom stereocenters. The highest BCUT2D eigenvalue weighted by atomic mass is 35.5. The number of aromatic nitrogens is 3. The van der Waals surface area contributed by atoms with Crippen molar-refractivity contribution >= 4 is 34.7 Å². The van der Waals surface area contributed by atoms with Crippen molar-refractivity contribution in [3.05, 3.63) is 74.9 Å². The van der Waals surface area contributed by atoms with Gasteiger partial charge in [0, 0.05) is 32.4 Å². The van der Waals surface area contributed by atoms with E-state index in [1.807, 2.05) is 19.9 Å². The van der Waals surface area contributed by atoms with Crippen LogP contribution in [0, 0.1) is 13.8 Å². The molecule has 6 nitrogen and oxygen atoms in total. The number of fused-ring (bicyclic) bond motifs is 1. The fourth-order valence-electron chi connectivity index (χ4n) is 4.00. The van der Waals surface area contributed by atoms with Gasteiger partial charge in [-0.1, -0.05) is 47.5 Å². The van der Waals surface area contributed by atoms with Crippen molar-refractivity contribution in [1.29, 1.82) is 0 Å². The van der Waals surface area contributed by atoms with Gasteiger partial charge in [-0.05, 0) is 43.9 Å². The van der Waals surface area contributed by atoms with Crippen molar-refractivity contribution in [3.63, 3.8) is 0 Å². The molecule has 2 N–H and O–H groups in total. The molecule has 2 aromatic heterocycles. The topological polar surface area (TPSA) is 66.0 Å². The normalized spacial score (nSPS) is 13.6. The summed E-state index contributed by atoms with van der Waals surface area (Å²) in [6.07, 6.45) is 3.94. The summed E-state index contributed by atoms with van der Waals surface area (Å²) in [5.74, 6) is 1.26. The van der Waals surface area contributed by atoms with Crippen LogP contribution in [-0.2, 0) is 19.5 Å². The van der Waals surface area contributed by atoms with Crippen molar-refractivity contribution in [1.82, 2.24) is 19.9 Å². The van der Waals surface area contributed by atoms with Gasteiger partial charge in [0.1, 0.15) is 16.7 Å². The lowest BCUT2D eigenvalue weighted by molar-refractivity contribution is 0.253. The van der Waals surface area contributed by atoms with Crippen LogP contribution in [0.2, 0.25) is 10.0 Å². The number of benzene rings is 1. The van der Waals surface area contributed by atoms with Crippen LogP contribution in [0.4, 0.5) is 11.5 Å². The third kappa shape index (κ3) is 5.49. The van der Waals surface area contributed by atoms with Crippen molar-refractivity contribution in [2.75, 3.05) is 30.3 Å². The first-order valence-electron chi connectivity index (χ1n) is 10.9. The highest BCUT2D eigenvalue weighted by molar-refractivity contribution is 6.34. The zero-order valence-electron chi connectivity index (χ0n) is 18.5. The summed E-state index contributed by atoms with van der Waals surface area (Å²) < 4.78 is 0. The molecule has 4 rings (SSSR count). The van der Waals surface area contributed by atoms with E-state index in [4.69, 9.17) is 23.2 Å². The minimum Gasteiger partial charge on any atom is -0.384 e. The number of halogens is 2. The summed E-state index contributed by atoms with van der Waals surface area (Å²) in [7, 11) is 0. The Bertz CT molecular complexity index is 1090. The van der Waals surface area contributed by atoms with Crippen LogP contribution < -0.4 is 10.6 Å². The van der Waals surface area contributed by atoms with Crippen LogP contribution in [0.1, 0.15) is 34.8 Å². The van der Waals surface area contributed by atoms with Crippen molar-refractivity contribution in [3.8, 4) is 0 Å². The summed E-state index contributed by atoms with van der Waals surface area (Å²) in [6, 6.07) is 10.7. The Morgan fingerprint density at radius 2 is 1.81 bits per heavy atom. The van der Waals surface area contributed by atoms with Crippen LogP contribution in [0.25, 0.3) is 0 Å². The molecule has 0 spiro atoms. The summed E-state index contributed by atoms with van der Waals surface area (Å²) >= 11 is 12.9. The Labute approximate surface area is 199 Å². The second-order valence-electron chi connectivity index (χ2n) is 8.07. The fourth-order valence-corrected chi connectivity index (χ4v) is 4.40. The maximum Gasteiger partial charge on any atom is 0.149 e. The molecule has 1 aliphatic rings. The van der Waals surface area contributed by atoms with Gasteiger partial charge in [-0.15, -0.1) is 0 Å². The monoisotopic (exact) mass is 470 g/mol. The molecule has 168 valence electrons. The summed E-state index contributed by atoms with van der Waals surface area (Å²) in [5, 5.41) is 7.83. The summed E-state index contributed by atoms with van der Waals surface area (Å²) in [5.41, 5.74) is 5.32. The first-order valence-corrected chi connectivity index (χ1v) is 11.7. The summed E-state index contributed by atoms with van der Waals surface area (Å²) in [4.78, 5) is 15.6. The maximum atomic E-state index is 6.62. The van der Waals surface area contributed by atoms with E-state index in [1.54, 1.807) is 6.20 Å². The third-order valence-corrected chi connectivity index (χ3v) is 6.56. The van der Waals surface area contributed by atoms with Crippen molar-refractivity contribution < 1.29 is 0 Å². The molecular weight excluding hydrogens is 443 g/mol. The van der Waals surface area contributed by atoms with Crippen molar-refractivity contribution in [2.24, 2.45) is 0 Å². The van der Waals surface area contributed by atoms with Gasteiger partial charge < -0.3 is 10.6 Å². The zero-order chi connectivity index (χ0) is 22.5. The van der Waals surface area contributed by atoms with E-state index < -0.39 is 0 Å². The Morgan fingerprint density at radius 1 is 1.00 bits per heavy atom. The lowest BCUT2D eigenvalue weighted by Crippen LogP contribution is -2.32. The molecule has 1 aliphatic heterocycles. The maximum absolute atomic E-state index is 6.62. The van der Waals surface area contributed by atoms with Gasteiger partial charge in [0.2, 0.25) is 0 Å². The first-order chi connectivity index (χ1) is 15.5. The molecule has 0 aliphatic carbocycles. The minimum atomic E-state index is 0.428. The van der Waals surface area contributed by atoms with Crippen LogP contribution in [0.3, 0.4) is 0 Å². The molecule has 0 amide bonds. The molecule has 0 fully saturated rings. The molecule has 3 heterocycles. The quantitative estimate of drug-likeness (QED) is 0.437. The predicted molar refractivity (Wildman–Crippen MR) is 132 cm³/mol. The standard InChI is InChI=1S/C24H28Cl2N6/c1-16-22(25)24(31-17(2)30-16)29-14-21-23(26)20(8-11-28-21)27-10-5-12-32-13-9-18-6-3-4-7-19(18)15-32/h3-4,6-8,11H,5,9-10,12-15H2,1-2H3,(H,27,28)(H,29,30,31). The number of anilines is 2. The highest BCUT2D eigenvalue weighted by Crippen LogP contribution is 2.27. The third-order valence-electron chi connectivity index (χ3n) is 5.69. The highest BCUT2D eigenvalue weighted by Gasteiger charge is 2.15. The van der Waals surface area contributed by atoms with E-state index in [9.17, 15) is 0 Å². The van der Waals surface area contributed by atoms with Gasteiger partial charge in [0.15, 0.2) is 0 Å². The Hall–Kier alpha value is -2.41. The lowest BCUT2D eigenvalue weighted by Gasteiger charge is -2.28. The first kappa shape index (κ1) is 22.8. The minimum absolute atomic E-state index is 0.428. The van der Waals surface area contributed by atoms with E-state index in [-0.39, 0.29) is 0 Å². The number of rotatable bonds is 8. The van der Waals surface area contributed by atoms with Gasteiger partial charge in [0.05, 0.1) is 28.6 Å². The number of hydrogen-bond acceptors (Lipinski definition) is 6. The number of nitrogens with zero attached hydrogens (tertiary/aromatic N) is 4.